The van der Waals surface area contributed by atoms with Crippen molar-refractivity contribution in [2.24, 2.45) is 0 Å². The SMILES string of the molecule is [C-]#[N+]/C(=C\c1ccc(N(c2ccc(/C=C/c3cc4ccc(C(CC)NC)cc4oc3=O)cc2)c2ccc(/C=C/c3cc4ccc(N(CC)CC)cc4oc3=O)cc2)cc1)c1ccc(C=O)s1. The summed E-state index contributed by atoms with van der Waals surface area (Å²) in [5.41, 5.74) is 9.11. The third kappa shape index (κ3) is 9.93. The molecule has 0 saturated heterocycles. The van der Waals surface area contributed by atoms with Gasteiger partial charge in [0.05, 0.1) is 22.6 Å². The van der Waals surface area contributed by atoms with Gasteiger partial charge < -0.3 is 24.0 Å². The van der Waals surface area contributed by atoms with Crippen LogP contribution >= 0.6 is 11.3 Å². The van der Waals surface area contributed by atoms with Crippen molar-refractivity contribution in [2.45, 2.75) is 33.2 Å². The number of hydrogen-bond acceptors (Lipinski definition) is 9. The van der Waals surface area contributed by atoms with Gasteiger partial charge in [-0.3, -0.25) is 4.79 Å². The van der Waals surface area contributed by atoms with E-state index in [2.05, 4.69) is 52.9 Å². The maximum atomic E-state index is 13.1. The molecule has 9 nitrogen and oxygen atoms in total. The van der Waals surface area contributed by atoms with Gasteiger partial charge in [0, 0.05) is 63.6 Å². The molecule has 3 heterocycles. The molecule has 0 spiro atoms. The summed E-state index contributed by atoms with van der Waals surface area (Å²) in [5.74, 6) is 0. The highest BCUT2D eigenvalue weighted by molar-refractivity contribution is 7.14. The minimum atomic E-state index is -0.400. The van der Waals surface area contributed by atoms with Crippen molar-refractivity contribution >= 4 is 98.4 Å². The van der Waals surface area contributed by atoms with E-state index in [-0.39, 0.29) is 6.04 Å². The zero-order valence-electron chi connectivity index (χ0n) is 37.2. The van der Waals surface area contributed by atoms with Gasteiger partial charge in [0.15, 0.2) is 6.29 Å². The maximum absolute atomic E-state index is 13.1. The number of carbonyl (C=O) groups excluding carboxylic acids is 1. The summed E-state index contributed by atoms with van der Waals surface area (Å²) in [6.07, 6.45) is 10.9. The Morgan fingerprint density at radius 3 is 1.65 bits per heavy atom. The lowest BCUT2D eigenvalue weighted by Crippen LogP contribution is -2.21. The highest BCUT2D eigenvalue weighted by Crippen LogP contribution is 2.36. The Hall–Kier alpha value is -7.84. The van der Waals surface area contributed by atoms with Gasteiger partial charge in [0.2, 0.25) is 5.70 Å². The van der Waals surface area contributed by atoms with Crippen molar-refractivity contribution in [1.29, 1.82) is 0 Å². The quantitative estimate of drug-likeness (QED) is 0.0582. The summed E-state index contributed by atoms with van der Waals surface area (Å²) in [4.78, 5) is 46.8. The Morgan fingerprint density at radius 1 is 0.652 bits per heavy atom. The van der Waals surface area contributed by atoms with Crippen molar-refractivity contribution in [1.82, 2.24) is 5.32 Å². The van der Waals surface area contributed by atoms with Crippen molar-refractivity contribution in [3.63, 3.8) is 0 Å². The lowest BCUT2D eigenvalue weighted by atomic mass is 10.0. The van der Waals surface area contributed by atoms with Crippen LogP contribution in [0.15, 0.2) is 152 Å². The third-order valence-electron chi connectivity index (χ3n) is 11.6. The highest BCUT2D eigenvalue weighted by Gasteiger charge is 2.15. The van der Waals surface area contributed by atoms with Crippen molar-refractivity contribution in [3.05, 3.63) is 209 Å². The fourth-order valence-electron chi connectivity index (χ4n) is 7.98. The lowest BCUT2D eigenvalue weighted by Gasteiger charge is -2.26. The van der Waals surface area contributed by atoms with E-state index in [0.29, 0.717) is 32.9 Å². The molecule has 1 N–H and O–H groups in total. The minimum Gasteiger partial charge on any atom is -0.422 e. The Labute approximate surface area is 387 Å². The molecule has 1 atom stereocenters. The topological polar surface area (TPSA) is 100 Å². The number of thiophene rings is 1. The summed E-state index contributed by atoms with van der Waals surface area (Å²) in [5, 5.41) is 5.01. The largest absolute Gasteiger partial charge is 0.422 e. The molecule has 0 amide bonds. The van der Waals surface area contributed by atoms with Crippen LogP contribution in [-0.4, -0.2) is 26.4 Å². The molecule has 0 aliphatic rings. The normalized spacial score (nSPS) is 12.3. The maximum Gasteiger partial charge on any atom is 0.343 e. The predicted molar refractivity (Wildman–Crippen MR) is 274 cm³/mol. The van der Waals surface area contributed by atoms with Gasteiger partial charge in [0.25, 0.3) is 0 Å². The molecule has 3 aromatic heterocycles. The van der Waals surface area contributed by atoms with Gasteiger partial charge in [-0.15, -0.1) is 11.3 Å². The van der Waals surface area contributed by atoms with E-state index in [0.717, 1.165) is 86.4 Å². The first-order chi connectivity index (χ1) is 32.2. The number of fused-ring (bicyclic) bond motifs is 2. The second kappa shape index (κ2) is 20.3. The van der Waals surface area contributed by atoms with Gasteiger partial charge in [-0.25, -0.2) is 14.4 Å². The molecule has 66 heavy (non-hydrogen) atoms. The van der Waals surface area contributed by atoms with Crippen LogP contribution < -0.4 is 26.4 Å². The number of carbonyl (C=O) groups is 1. The molecule has 8 rings (SSSR count). The molecule has 1 unspecified atom stereocenters. The summed E-state index contributed by atoms with van der Waals surface area (Å²) < 4.78 is 11.5. The van der Waals surface area contributed by atoms with Crippen LogP contribution in [0, 0.1) is 6.57 Å². The van der Waals surface area contributed by atoms with Gasteiger partial charge in [-0.2, -0.15) is 0 Å². The first-order valence-corrected chi connectivity index (χ1v) is 22.7. The van der Waals surface area contributed by atoms with Crippen LogP contribution in [0.2, 0.25) is 0 Å². The monoisotopic (exact) mass is 888 g/mol. The van der Waals surface area contributed by atoms with E-state index >= 15 is 0 Å². The lowest BCUT2D eigenvalue weighted by molar-refractivity contribution is 0.112. The van der Waals surface area contributed by atoms with Crippen LogP contribution in [0.25, 0.3) is 62.9 Å². The van der Waals surface area contributed by atoms with Crippen LogP contribution in [0.3, 0.4) is 0 Å². The van der Waals surface area contributed by atoms with Crippen LogP contribution in [0.1, 0.15) is 81.2 Å². The first kappa shape index (κ1) is 44.8. The van der Waals surface area contributed by atoms with Gasteiger partial charge >= 0.3 is 11.3 Å². The fraction of sp³-hybridized carbons (Fsp3) is 0.143. The molecule has 0 aliphatic carbocycles. The van der Waals surface area contributed by atoms with Gasteiger partial charge in [-0.05, 0) is 141 Å². The molecule has 0 fully saturated rings. The average molecular weight is 889 g/mol. The molecule has 8 aromatic rings. The smallest absolute Gasteiger partial charge is 0.343 e. The predicted octanol–water partition coefficient (Wildman–Crippen LogP) is 13.5. The Balaban J connectivity index is 1.07. The number of anilines is 4. The van der Waals surface area contributed by atoms with Crippen molar-refractivity contribution in [3.8, 4) is 0 Å². The summed E-state index contributed by atoms with van der Waals surface area (Å²) >= 11 is 1.29. The van der Waals surface area contributed by atoms with E-state index in [1.807, 2.05) is 134 Å². The fourth-order valence-corrected chi connectivity index (χ4v) is 8.76. The second-order valence-corrected chi connectivity index (χ2v) is 16.8. The third-order valence-corrected chi connectivity index (χ3v) is 12.6. The van der Waals surface area contributed by atoms with Crippen LogP contribution in [0.4, 0.5) is 22.7 Å². The molecule has 0 radical (unpaired) electrons. The molecule has 0 aliphatic heterocycles. The number of aldehydes is 1. The molecule has 0 bridgehead atoms. The molecule has 328 valence electrons. The van der Waals surface area contributed by atoms with E-state index < -0.39 is 11.3 Å². The van der Waals surface area contributed by atoms with Gasteiger partial charge in [0.1, 0.15) is 11.2 Å². The highest BCUT2D eigenvalue weighted by atomic mass is 32.1. The number of rotatable bonds is 16. The summed E-state index contributed by atoms with van der Waals surface area (Å²) in [6.45, 7) is 15.8. The number of hydrogen-bond donors (Lipinski definition) is 1. The molecular weight excluding hydrogens is 841 g/mol. The van der Waals surface area contributed by atoms with E-state index in [4.69, 9.17) is 15.4 Å². The van der Waals surface area contributed by atoms with Crippen molar-refractivity contribution < 1.29 is 13.6 Å². The van der Waals surface area contributed by atoms with Crippen LogP contribution in [-0.2, 0) is 0 Å². The van der Waals surface area contributed by atoms with E-state index in [1.165, 1.54) is 11.3 Å². The van der Waals surface area contributed by atoms with E-state index in [1.54, 1.807) is 24.3 Å². The first-order valence-electron chi connectivity index (χ1n) is 21.9. The number of nitrogens with zero attached hydrogens (tertiary/aromatic N) is 3. The Bertz CT molecular complexity index is 3110. The second-order valence-electron chi connectivity index (χ2n) is 15.7. The average Bonchev–Trinajstić information content (AvgIpc) is 3.83. The minimum absolute atomic E-state index is 0.177. The molecule has 0 saturated carbocycles. The number of nitrogens with one attached hydrogen (secondary N) is 1. The standard InChI is InChI=1S/C56H48N4O5S/c1-6-50(57-4)40-19-20-41-32-43(55(62)64-52(41)34-40)17-9-37-11-22-45(23-12-37)60(47-26-15-39(16-27-47)31-51(58-5)54-30-29-49(36-61)66-54)46-24-13-38(14-25-46)10-18-44-33-42-21-28-48(59(7-2)8-3)35-53(42)65-56(44)63/h9-36,50,57H,6-8H2,1-4H3/b17-9+,18-10+,51-31-. The summed E-state index contributed by atoms with van der Waals surface area (Å²) in [7, 11) is 1.92. The Morgan fingerprint density at radius 2 is 1.17 bits per heavy atom. The number of benzene rings is 5. The molecule has 10 heteroatoms. The zero-order chi connectivity index (χ0) is 46.2. The van der Waals surface area contributed by atoms with Gasteiger partial charge in [-0.1, -0.05) is 73.7 Å². The van der Waals surface area contributed by atoms with Crippen LogP contribution in [0.5, 0.6) is 0 Å². The summed E-state index contributed by atoms with van der Waals surface area (Å²) in [6, 6.07) is 43.4. The molecule has 5 aromatic carbocycles. The van der Waals surface area contributed by atoms with E-state index in [9.17, 15) is 14.4 Å². The zero-order valence-corrected chi connectivity index (χ0v) is 38.0. The van der Waals surface area contributed by atoms with Crippen molar-refractivity contribution in [2.75, 3.05) is 29.9 Å². The molecular formula is C56H48N4O5S. The Kier molecular flexibility index (Phi) is 13.8.